The first-order valence-electron chi connectivity index (χ1n) is 16.9. The summed E-state index contributed by atoms with van der Waals surface area (Å²) >= 11 is 3.45. The van der Waals surface area contributed by atoms with Gasteiger partial charge in [-0.15, -0.1) is 0 Å². The topological polar surface area (TPSA) is 131 Å². The number of benzene rings is 5. The Morgan fingerprint density at radius 1 is 0.792 bits per heavy atom. The minimum Gasteiger partial charge on any atom is -0.483 e. The Bertz CT molecular complexity index is 2100. The lowest BCUT2D eigenvalue weighted by molar-refractivity contribution is -0.122. The Kier molecular flexibility index (Phi) is 12.7. The lowest BCUT2D eigenvalue weighted by Gasteiger charge is -2.25. The molecule has 11 heteroatoms. The third-order valence-corrected chi connectivity index (χ3v) is 8.76. The molecule has 5 aromatic carbocycles. The van der Waals surface area contributed by atoms with E-state index in [9.17, 15) is 24.3 Å². The van der Waals surface area contributed by atoms with Crippen LogP contribution >= 0.6 is 15.9 Å². The number of para-hydroxylation sites is 2. The Balaban J connectivity index is 1.41. The van der Waals surface area contributed by atoms with Gasteiger partial charge in [0.05, 0.1) is 29.0 Å². The highest BCUT2D eigenvalue weighted by atomic mass is 79.9. The molecule has 0 fully saturated rings. The molecule has 0 aliphatic heterocycles. The van der Waals surface area contributed by atoms with Gasteiger partial charge in [0.2, 0.25) is 0 Å². The van der Waals surface area contributed by atoms with Crippen molar-refractivity contribution < 1.29 is 38.5 Å². The summed E-state index contributed by atoms with van der Waals surface area (Å²) in [5.74, 6) is -1.90. The number of amides is 2. The lowest BCUT2D eigenvalue weighted by Crippen LogP contribution is -2.36. The zero-order valence-electron chi connectivity index (χ0n) is 29.7. The van der Waals surface area contributed by atoms with Crippen LogP contribution in [-0.2, 0) is 16.1 Å². The zero-order valence-corrected chi connectivity index (χ0v) is 31.3. The molecule has 5 rings (SSSR count). The highest BCUT2D eigenvalue weighted by Crippen LogP contribution is 2.30. The summed E-state index contributed by atoms with van der Waals surface area (Å²) in [4.78, 5) is 54.4. The van der Waals surface area contributed by atoms with Crippen LogP contribution in [0.25, 0.3) is 0 Å². The average molecular weight is 780 g/mol. The van der Waals surface area contributed by atoms with Gasteiger partial charge >= 0.3 is 11.9 Å². The van der Waals surface area contributed by atoms with Crippen LogP contribution in [0.3, 0.4) is 0 Å². The van der Waals surface area contributed by atoms with Crippen LogP contribution in [0.2, 0.25) is 0 Å². The second kappa shape index (κ2) is 17.5. The minimum absolute atomic E-state index is 0.0310. The second-order valence-electron chi connectivity index (χ2n) is 12.6. The summed E-state index contributed by atoms with van der Waals surface area (Å²) in [6.45, 7) is 7.41. The molecular weight excluding hydrogens is 740 g/mol. The molecule has 2 N–H and O–H groups in total. The molecule has 0 radical (unpaired) electrons. The molecule has 0 saturated heterocycles. The van der Waals surface area contributed by atoms with E-state index in [-0.39, 0.29) is 47.3 Å². The lowest BCUT2D eigenvalue weighted by atomic mass is 10.0. The number of carbonyl (C=O) groups excluding carboxylic acids is 3. The maximum absolute atomic E-state index is 14.0. The number of hydrogen-bond acceptors (Lipinski definition) is 7. The maximum Gasteiger partial charge on any atom is 0.345 e. The van der Waals surface area contributed by atoms with E-state index in [4.69, 9.17) is 14.2 Å². The number of aryl methyl sites for hydroxylation is 1. The number of aromatic carboxylic acids is 1. The highest BCUT2D eigenvalue weighted by Gasteiger charge is 2.25. The second-order valence-corrected chi connectivity index (χ2v) is 13.5. The van der Waals surface area contributed by atoms with Gasteiger partial charge in [0, 0.05) is 10.5 Å². The number of nitrogens with one attached hydrogen (secondary N) is 1. The predicted molar refractivity (Wildman–Crippen MR) is 206 cm³/mol. The maximum atomic E-state index is 14.0. The molecule has 0 bridgehead atoms. The Morgan fingerprint density at radius 2 is 1.49 bits per heavy atom. The number of rotatable bonds is 14. The van der Waals surface area contributed by atoms with Crippen molar-refractivity contribution in [2.24, 2.45) is 0 Å². The number of nitrogens with zero attached hydrogens (tertiary/aromatic N) is 1. The summed E-state index contributed by atoms with van der Waals surface area (Å²) in [5, 5.41) is 12.4. The van der Waals surface area contributed by atoms with E-state index >= 15 is 0 Å². The summed E-state index contributed by atoms with van der Waals surface area (Å²) in [7, 11) is 0. The first kappa shape index (κ1) is 38.3. The molecule has 5 aromatic rings. The molecule has 0 aliphatic carbocycles. The normalized spacial score (nSPS) is 11.4. The van der Waals surface area contributed by atoms with Crippen LogP contribution in [0.1, 0.15) is 64.1 Å². The van der Waals surface area contributed by atoms with Crippen molar-refractivity contribution in [3.8, 4) is 17.2 Å². The monoisotopic (exact) mass is 778 g/mol. The van der Waals surface area contributed by atoms with E-state index < -0.39 is 29.9 Å². The number of halogens is 1. The van der Waals surface area contributed by atoms with Gasteiger partial charge in [-0.3, -0.25) is 9.59 Å². The number of hydrogen-bond donors (Lipinski definition) is 2. The van der Waals surface area contributed by atoms with E-state index in [1.807, 2.05) is 69.3 Å². The summed E-state index contributed by atoms with van der Waals surface area (Å²) < 4.78 is 18.4. The van der Waals surface area contributed by atoms with Crippen LogP contribution in [0.4, 0.5) is 11.4 Å². The number of carbonyl (C=O) groups is 4. The minimum atomic E-state index is -1.30. The van der Waals surface area contributed by atoms with Crippen molar-refractivity contribution in [1.29, 1.82) is 0 Å². The Labute approximate surface area is 316 Å². The molecule has 272 valence electrons. The van der Waals surface area contributed by atoms with Gasteiger partial charge in [-0.05, 0) is 91.1 Å². The number of carboxylic acid groups (broad SMARTS) is 1. The Morgan fingerprint density at radius 3 is 2.19 bits per heavy atom. The van der Waals surface area contributed by atoms with Gasteiger partial charge in [0.1, 0.15) is 17.2 Å². The molecular formula is C42H39BrN2O8. The fourth-order valence-electron chi connectivity index (χ4n) is 5.45. The van der Waals surface area contributed by atoms with Crippen molar-refractivity contribution in [3.05, 3.63) is 148 Å². The quantitative estimate of drug-likeness (QED) is 0.0845. The fraction of sp³-hybridized carbons (Fsp3) is 0.190. The predicted octanol–water partition coefficient (Wildman–Crippen LogP) is 8.82. The van der Waals surface area contributed by atoms with Crippen molar-refractivity contribution in [1.82, 2.24) is 0 Å². The van der Waals surface area contributed by atoms with Crippen LogP contribution in [0.15, 0.2) is 120 Å². The zero-order chi connectivity index (χ0) is 38.1. The molecule has 1 unspecified atom stereocenters. The fourth-order valence-corrected chi connectivity index (χ4v) is 5.72. The summed E-state index contributed by atoms with van der Waals surface area (Å²) in [5.41, 5.74) is 2.81. The van der Waals surface area contributed by atoms with Crippen molar-refractivity contribution in [2.75, 3.05) is 16.8 Å². The largest absolute Gasteiger partial charge is 0.483 e. The average Bonchev–Trinajstić information content (AvgIpc) is 3.14. The van der Waals surface area contributed by atoms with Crippen LogP contribution in [-0.4, -0.2) is 41.6 Å². The van der Waals surface area contributed by atoms with Gasteiger partial charge in [0.25, 0.3) is 11.8 Å². The summed E-state index contributed by atoms with van der Waals surface area (Å²) in [6.07, 6.45) is -0.974. The molecule has 0 saturated carbocycles. The Hall–Kier alpha value is -5.94. The van der Waals surface area contributed by atoms with Crippen molar-refractivity contribution in [2.45, 2.75) is 46.3 Å². The van der Waals surface area contributed by atoms with Gasteiger partial charge in [-0.2, -0.15) is 0 Å². The first-order valence-corrected chi connectivity index (χ1v) is 17.7. The van der Waals surface area contributed by atoms with Crippen molar-refractivity contribution >= 4 is 51.1 Å². The molecule has 1 atom stereocenters. The number of anilines is 2. The third-order valence-electron chi connectivity index (χ3n) is 8.23. The van der Waals surface area contributed by atoms with E-state index in [1.54, 1.807) is 42.5 Å². The van der Waals surface area contributed by atoms with Gasteiger partial charge in [-0.25, -0.2) is 9.59 Å². The van der Waals surface area contributed by atoms with E-state index in [0.717, 1.165) is 21.2 Å². The molecule has 0 spiro atoms. The molecule has 0 aromatic heterocycles. The van der Waals surface area contributed by atoms with E-state index in [1.165, 1.54) is 36.1 Å². The number of esters is 1. The van der Waals surface area contributed by atoms with Gasteiger partial charge < -0.3 is 29.5 Å². The summed E-state index contributed by atoms with van der Waals surface area (Å²) in [6, 6.07) is 32.4. The van der Waals surface area contributed by atoms with Crippen LogP contribution in [0.5, 0.6) is 17.2 Å². The van der Waals surface area contributed by atoms with E-state index in [2.05, 4.69) is 21.2 Å². The molecule has 2 amide bonds. The van der Waals surface area contributed by atoms with Gasteiger partial charge in [0.15, 0.2) is 12.7 Å². The molecule has 53 heavy (non-hydrogen) atoms. The number of ether oxygens (including phenoxy) is 3. The molecule has 0 aliphatic rings. The van der Waals surface area contributed by atoms with Crippen LogP contribution in [0, 0.1) is 6.92 Å². The highest BCUT2D eigenvalue weighted by molar-refractivity contribution is 9.10. The smallest absolute Gasteiger partial charge is 0.345 e. The first-order chi connectivity index (χ1) is 25.4. The molecule has 0 heterocycles. The van der Waals surface area contributed by atoms with Crippen molar-refractivity contribution in [3.63, 3.8) is 0 Å². The number of carboxylic acids is 1. The van der Waals surface area contributed by atoms with Crippen LogP contribution < -0.4 is 24.4 Å². The van der Waals surface area contributed by atoms with Gasteiger partial charge in [-0.1, -0.05) is 84.4 Å². The third kappa shape index (κ3) is 10.1. The molecule has 10 nitrogen and oxygen atoms in total. The SMILES string of the molecule is Cc1ccc(C(C)C)c(OCC(=O)N(Cc2ccc(Br)cc2)c2ccccc2C(=O)Oc2ccc(C(=O)O)c(NC(=O)C(C)Oc3ccccc3)c2)c1. The van der Waals surface area contributed by atoms with E-state index in [0.29, 0.717) is 11.5 Å². The standard InChI is InChI=1S/C42H39BrN2O8/c1-26(2)33-20-14-27(3)22-38(33)51-25-39(46)45(24-29-15-17-30(43)18-16-29)37-13-9-8-12-35(37)42(50)53-32-19-21-34(41(48)49)36(23-32)44-40(47)28(4)52-31-10-6-5-7-11-31/h5-23,26,28H,24-25H2,1-4H3,(H,44,47)(H,48,49).